The molecule has 10 heavy (non-hydrogen) atoms. The van der Waals surface area contributed by atoms with Crippen LogP contribution in [-0.4, -0.2) is 16.8 Å². The SMILES string of the molecule is CC=CC(S)C(CC)SC. The van der Waals surface area contributed by atoms with E-state index in [2.05, 4.69) is 38.0 Å². The number of thiol groups is 1. The highest BCUT2D eigenvalue weighted by Crippen LogP contribution is 2.19. The Labute approximate surface area is 73.9 Å². The third-order valence-electron chi connectivity index (χ3n) is 1.48. The average Bonchev–Trinajstić information content (AvgIpc) is 1.91. The van der Waals surface area contributed by atoms with E-state index in [4.69, 9.17) is 0 Å². The Morgan fingerprint density at radius 3 is 2.50 bits per heavy atom. The Morgan fingerprint density at radius 2 is 2.20 bits per heavy atom. The molecule has 0 fully saturated rings. The second-order valence-electron chi connectivity index (χ2n) is 2.20. The molecule has 0 heterocycles. The molecular weight excluding hydrogens is 160 g/mol. The van der Waals surface area contributed by atoms with Crippen molar-refractivity contribution in [3.8, 4) is 0 Å². The minimum absolute atomic E-state index is 0.421. The Kier molecular flexibility index (Phi) is 6.44. The molecule has 2 unspecified atom stereocenters. The highest BCUT2D eigenvalue weighted by atomic mass is 32.2. The van der Waals surface area contributed by atoms with Crippen molar-refractivity contribution in [2.75, 3.05) is 6.26 Å². The van der Waals surface area contributed by atoms with Crippen LogP contribution in [0.3, 0.4) is 0 Å². The van der Waals surface area contributed by atoms with E-state index in [1.807, 2.05) is 18.7 Å². The zero-order chi connectivity index (χ0) is 7.98. The fraction of sp³-hybridized carbons (Fsp3) is 0.750. The number of allylic oxidation sites excluding steroid dienone is 1. The molecule has 0 nitrogen and oxygen atoms in total. The summed E-state index contributed by atoms with van der Waals surface area (Å²) in [6.45, 7) is 4.24. The highest BCUT2D eigenvalue weighted by Gasteiger charge is 2.10. The first-order valence-corrected chi connectivity index (χ1v) is 5.40. The molecule has 60 valence electrons. The molecule has 2 heteroatoms. The van der Waals surface area contributed by atoms with Gasteiger partial charge in [-0.15, -0.1) is 0 Å². The zero-order valence-corrected chi connectivity index (χ0v) is 8.58. The summed E-state index contributed by atoms with van der Waals surface area (Å²) < 4.78 is 0. The van der Waals surface area contributed by atoms with Gasteiger partial charge in [0.2, 0.25) is 0 Å². The third-order valence-corrected chi connectivity index (χ3v) is 3.44. The summed E-state index contributed by atoms with van der Waals surface area (Å²) in [6.07, 6.45) is 7.55. The first kappa shape index (κ1) is 10.4. The summed E-state index contributed by atoms with van der Waals surface area (Å²) in [7, 11) is 0. The lowest BCUT2D eigenvalue weighted by Crippen LogP contribution is -2.13. The van der Waals surface area contributed by atoms with Gasteiger partial charge < -0.3 is 0 Å². The molecular formula is C8H16S2. The molecule has 0 spiro atoms. The van der Waals surface area contributed by atoms with Gasteiger partial charge in [0.1, 0.15) is 0 Å². The standard InChI is InChI=1S/C8H16S2/c1-4-6-7(9)8(5-2)10-3/h4,6-9H,5H2,1-3H3. The summed E-state index contributed by atoms with van der Waals surface area (Å²) in [5.74, 6) is 0. The van der Waals surface area contributed by atoms with Gasteiger partial charge in [-0.1, -0.05) is 19.1 Å². The largest absolute Gasteiger partial charge is 0.171 e. The maximum Gasteiger partial charge on any atom is 0.0315 e. The first-order valence-electron chi connectivity index (χ1n) is 3.59. The second kappa shape index (κ2) is 6.17. The zero-order valence-electron chi connectivity index (χ0n) is 6.87. The minimum Gasteiger partial charge on any atom is -0.171 e. The summed E-state index contributed by atoms with van der Waals surface area (Å²) in [6, 6.07) is 0. The summed E-state index contributed by atoms with van der Waals surface area (Å²) in [4.78, 5) is 0. The van der Waals surface area contributed by atoms with Crippen molar-refractivity contribution in [3.63, 3.8) is 0 Å². The van der Waals surface area contributed by atoms with Crippen LogP contribution in [0.5, 0.6) is 0 Å². The molecule has 0 amide bonds. The van der Waals surface area contributed by atoms with Gasteiger partial charge in [-0.05, 0) is 19.6 Å². The monoisotopic (exact) mass is 176 g/mol. The Balaban J connectivity index is 3.75. The molecule has 0 bridgehead atoms. The summed E-state index contributed by atoms with van der Waals surface area (Å²) in [5.41, 5.74) is 0. The van der Waals surface area contributed by atoms with Crippen molar-refractivity contribution in [2.24, 2.45) is 0 Å². The molecule has 0 radical (unpaired) electrons. The molecule has 0 aromatic heterocycles. The second-order valence-corrected chi connectivity index (χ2v) is 3.87. The van der Waals surface area contributed by atoms with Gasteiger partial charge in [0.25, 0.3) is 0 Å². The van der Waals surface area contributed by atoms with E-state index in [0.717, 1.165) is 0 Å². The van der Waals surface area contributed by atoms with E-state index in [-0.39, 0.29) is 0 Å². The molecule has 0 aliphatic rings. The number of hydrogen-bond acceptors (Lipinski definition) is 2. The predicted octanol–water partition coefficient (Wildman–Crippen LogP) is 3.00. The van der Waals surface area contributed by atoms with Crippen molar-refractivity contribution in [2.45, 2.75) is 30.8 Å². The van der Waals surface area contributed by atoms with Crippen LogP contribution in [-0.2, 0) is 0 Å². The molecule has 0 N–H and O–H groups in total. The highest BCUT2D eigenvalue weighted by molar-refractivity contribution is 8.00. The van der Waals surface area contributed by atoms with E-state index in [9.17, 15) is 0 Å². The lowest BCUT2D eigenvalue weighted by atomic mass is 10.2. The van der Waals surface area contributed by atoms with Gasteiger partial charge in [-0.25, -0.2) is 0 Å². The molecule has 0 aliphatic carbocycles. The van der Waals surface area contributed by atoms with Gasteiger partial charge in [-0.2, -0.15) is 24.4 Å². The van der Waals surface area contributed by atoms with Crippen LogP contribution in [0.15, 0.2) is 12.2 Å². The van der Waals surface area contributed by atoms with Crippen LogP contribution in [0.25, 0.3) is 0 Å². The van der Waals surface area contributed by atoms with E-state index in [1.54, 1.807) is 0 Å². The number of rotatable bonds is 4. The van der Waals surface area contributed by atoms with Crippen LogP contribution in [0, 0.1) is 0 Å². The van der Waals surface area contributed by atoms with Crippen LogP contribution < -0.4 is 0 Å². The van der Waals surface area contributed by atoms with Crippen molar-refractivity contribution < 1.29 is 0 Å². The molecule has 0 aromatic carbocycles. The van der Waals surface area contributed by atoms with E-state index in [0.29, 0.717) is 10.5 Å². The lowest BCUT2D eigenvalue weighted by molar-refractivity contribution is 0.854. The summed E-state index contributed by atoms with van der Waals surface area (Å²) in [5, 5.41) is 1.09. The Morgan fingerprint density at radius 1 is 1.60 bits per heavy atom. The Hall–Kier alpha value is 0.440. The molecule has 2 atom stereocenters. The quantitative estimate of drug-likeness (QED) is 0.507. The normalized spacial score (nSPS) is 17.6. The Bertz CT molecular complexity index is 95.4. The van der Waals surface area contributed by atoms with Gasteiger partial charge >= 0.3 is 0 Å². The molecule has 0 saturated heterocycles. The number of hydrogen-bond donors (Lipinski definition) is 1. The van der Waals surface area contributed by atoms with E-state index in [1.165, 1.54) is 6.42 Å². The molecule has 0 saturated carbocycles. The van der Waals surface area contributed by atoms with Gasteiger partial charge in [0.15, 0.2) is 0 Å². The van der Waals surface area contributed by atoms with Crippen LogP contribution in [0.4, 0.5) is 0 Å². The molecule has 0 rings (SSSR count). The fourth-order valence-corrected chi connectivity index (χ4v) is 2.32. The maximum absolute atomic E-state index is 4.46. The van der Waals surface area contributed by atoms with Gasteiger partial charge in [0.05, 0.1) is 0 Å². The van der Waals surface area contributed by atoms with Crippen molar-refractivity contribution in [1.82, 2.24) is 0 Å². The smallest absolute Gasteiger partial charge is 0.0315 e. The van der Waals surface area contributed by atoms with E-state index < -0.39 is 0 Å². The lowest BCUT2D eigenvalue weighted by Gasteiger charge is -2.15. The van der Waals surface area contributed by atoms with Crippen molar-refractivity contribution in [1.29, 1.82) is 0 Å². The van der Waals surface area contributed by atoms with Crippen LogP contribution in [0.1, 0.15) is 20.3 Å². The van der Waals surface area contributed by atoms with Gasteiger partial charge in [-0.3, -0.25) is 0 Å². The maximum atomic E-state index is 4.46. The van der Waals surface area contributed by atoms with Crippen LogP contribution in [0.2, 0.25) is 0 Å². The van der Waals surface area contributed by atoms with Gasteiger partial charge in [0, 0.05) is 10.5 Å². The fourth-order valence-electron chi connectivity index (χ4n) is 0.869. The number of thioether (sulfide) groups is 1. The first-order chi connectivity index (χ1) is 4.76. The average molecular weight is 176 g/mol. The molecule has 0 aromatic rings. The van der Waals surface area contributed by atoms with E-state index >= 15 is 0 Å². The summed E-state index contributed by atoms with van der Waals surface area (Å²) >= 11 is 6.35. The minimum atomic E-state index is 0.421. The topological polar surface area (TPSA) is 0 Å². The molecule has 0 aliphatic heterocycles. The van der Waals surface area contributed by atoms with Crippen LogP contribution >= 0.6 is 24.4 Å². The predicted molar refractivity (Wildman–Crippen MR) is 55.2 cm³/mol. The van der Waals surface area contributed by atoms with Crippen molar-refractivity contribution in [3.05, 3.63) is 12.2 Å². The third kappa shape index (κ3) is 3.57. The van der Waals surface area contributed by atoms with Crippen molar-refractivity contribution >= 4 is 24.4 Å².